The van der Waals surface area contributed by atoms with Gasteiger partial charge in [-0.2, -0.15) is 0 Å². The molecule has 0 bridgehead atoms. The molecule has 0 aromatic heterocycles. The highest BCUT2D eigenvalue weighted by Crippen LogP contribution is 2.56. The molecule has 1 atom stereocenters. The van der Waals surface area contributed by atoms with Crippen LogP contribution in [0.4, 0.5) is 0 Å². The number of benzene rings is 1. The topological polar surface area (TPSA) is 0 Å². The van der Waals surface area contributed by atoms with Crippen molar-refractivity contribution in [2.24, 2.45) is 5.92 Å². The lowest BCUT2D eigenvalue weighted by molar-refractivity contribution is 0.252. The molecule has 0 radical (unpaired) electrons. The minimum absolute atomic E-state index is 0.436. The van der Waals surface area contributed by atoms with Crippen LogP contribution < -0.4 is 0 Å². The Hall–Kier alpha value is -1.04. The first-order chi connectivity index (χ1) is 7.76. The highest BCUT2D eigenvalue weighted by molar-refractivity contribution is 5.76. The van der Waals surface area contributed by atoms with Crippen LogP contribution in [0.15, 0.2) is 30.8 Å². The summed E-state index contributed by atoms with van der Waals surface area (Å²) in [6, 6.07) is 8.95. The Morgan fingerprint density at radius 2 is 1.81 bits per heavy atom. The minimum atomic E-state index is 0.436. The molecule has 0 heterocycles. The molecule has 2 aliphatic carbocycles. The zero-order valence-corrected chi connectivity index (χ0v) is 10.1. The van der Waals surface area contributed by atoms with E-state index in [0.29, 0.717) is 11.3 Å². The van der Waals surface area contributed by atoms with E-state index >= 15 is 0 Å². The first-order valence-corrected chi connectivity index (χ1v) is 6.54. The van der Waals surface area contributed by atoms with Crippen molar-refractivity contribution in [3.8, 4) is 0 Å². The van der Waals surface area contributed by atoms with E-state index in [1.165, 1.54) is 43.2 Å². The number of fused-ring (bicyclic) bond motifs is 2. The zero-order valence-electron chi connectivity index (χ0n) is 10.1. The molecule has 16 heavy (non-hydrogen) atoms. The molecular weight excluding hydrogens is 192 g/mol. The van der Waals surface area contributed by atoms with E-state index in [1.807, 2.05) is 0 Å². The van der Waals surface area contributed by atoms with Crippen LogP contribution in [0.3, 0.4) is 0 Å². The molecule has 0 N–H and O–H groups in total. The fourth-order valence-electron chi connectivity index (χ4n) is 3.88. The van der Waals surface area contributed by atoms with Crippen molar-refractivity contribution in [3.63, 3.8) is 0 Å². The first-order valence-electron chi connectivity index (χ1n) is 6.54. The number of hydrogen-bond acceptors (Lipinski definition) is 0. The average molecular weight is 212 g/mol. The minimum Gasteiger partial charge on any atom is -0.0949 e. The SMILES string of the molecule is C=C1c2ccccc2C2(CCCCC2)C1C. The molecule has 1 aromatic carbocycles. The van der Waals surface area contributed by atoms with Crippen molar-refractivity contribution in [2.45, 2.75) is 44.4 Å². The van der Waals surface area contributed by atoms with E-state index < -0.39 is 0 Å². The van der Waals surface area contributed by atoms with E-state index in [2.05, 4.69) is 37.8 Å². The Labute approximate surface area is 98.4 Å². The Kier molecular flexibility index (Phi) is 2.20. The van der Waals surface area contributed by atoms with E-state index in [1.54, 1.807) is 5.56 Å². The summed E-state index contributed by atoms with van der Waals surface area (Å²) in [5, 5.41) is 0. The highest BCUT2D eigenvalue weighted by Gasteiger charge is 2.46. The Bertz CT molecular complexity index is 421. The predicted octanol–water partition coefficient (Wildman–Crippen LogP) is 4.55. The smallest absolute Gasteiger partial charge is 0.00250 e. The quantitative estimate of drug-likeness (QED) is 0.591. The van der Waals surface area contributed by atoms with E-state index in [0.717, 1.165) is 0 Å². The molecule has 84 valence electrons. The van der Waals surface area contributed by atoms with Crippen molar-refractivity contribution >= 4 is 5.57 Å². The van der Waals surface area contributed by atoms with Gasteiger partial charge in [0.15, 0.2) is 0 Å². The van der Waals surface area contributed by atoms with Crippen LogP contribution in [0.2, 0.25) is 0 Å². The standard InChI is InChI=1S/C16H20/c1-12-13(2)16(10-6-3-7-11-16)15-9-5-4-8-14(12)15/h4-5,8-9,13H,1,3,6-7,10-11H2,2H3. The van der Waals surface area contributed by atoms with Crippen LogP contribution in [0.5, 0.6) is 0 Å². The molecule has 0 amide bonds. The van der Waals surface area contributed by atoms with E-state index in [-0.39, 0.29) is 0 Å². The Morgan fingerprint density at radius 1 is 1.12 bits per heavy atom. The maximum absolute atomic E-state index is 4.33. The van der Waals surface area contributed by atoms with Gasteiger partial charge in [-0.25, -0.2) is 0 Å². The molecule has 0 heteroatoms. The summed E-state index contributed by atoms with van der Waals surface area (Å²) in [5.41, 5.74) is 4.84. The van der Waals surface area contributed by atoms with Crippen molar-refractivity contribution < 1.29 is 0 Å². The second-order valence-corrected chi connectivity index (χ2v) is 5.51. The summed E-state index contributed by atoms with van der Waals surface area (Å²) in [7, 11) is 0. The highest BCUT2D eigenvalue weighted by atomic mass is 14.5. The van der Waals surface area contributed by atoms with Gasteiger partial charge in [-0.15, -0.1) is 0 Å². The summed E-state index contributed by atoms with van der Waals surface area (Å²) in [4.78, 5) is 0. The molecule has 1 aromatic rings. The second kappa shape index (κ2) is 3.48. The van der Waals surface area contributed by atoms with Gasteiger partial charge in [0, 0.05) is 5.41 Å². The van der Waals surface area contributed by atoms with Gasteiger partial charge in [0.1, 0.15) is 0 Å². The molecular formula is C16H20. The molecule has 1 unspecified atom stereocenters. The van der Waals surface area contributed by atoms with Crippen LogP contribution in [0, 0.1) is 5.92 Å². The van der Waals surface area contributed by atoms with Gasteiger partial charge in [0.2, 0.25) is 0 Å². The van der Waals surface area contributed by atoms with Crippen molar-refractivity contribution in [1.29, 1.82) is 0 Å². The third-order valence-electron chi connectivity index (χ3n) is 4.91. The van der Waals surface area contributed by atoms with E-state index in [4.69, 9.17) is 0 Å². The number of rotatable bonds is 0. The summed E-state index contributed by atoms with van der Waals surface area (Å²) in [6.07, 6.45) is 6.94. The van der Waals surface area contributed by atoms with Gasteiger partial charge >= 0.3 is 0 Å². The summed E-state index contributed by atoms with van der Waals surface area (Å²) < 4.78 is 0. The van der Waals surface area contributed by atoms with Gasteiger partial charge in [-0.05, 0) is 35.5 Å². The number of hydrogen-bond donors (Lipinski definition) is 0. The summed E-state index contributed by atoms with van der Waals surface area (Å²) >= 11 is 0. The van der Waals surface area contributed by atoms with Crippen LogP contribution in [0.25, 0.3) is 5.57 Å². The normalized spacial score (nSPS) is 27.1. The van der Waals surface area contributed by atoms with Crippen molar-refractivity contribution in [3.05, 3.63) is 42.0 Å². The number of allylic oxidation sites excluding steroid dienone is 1. The molecule has 1 saturated carbocycles. The van der Waals surface area contributed by atoms with Crippen LogP contribution in [-0.4, -0.2) is 0 Å². The lowest BCUT2D eigenvalue weighted by atomic mass is 9.65. The van der Waals surface area contributed by atoms with Crippen LogP contribution >= 0.6 is 0 Å². The molecule has 3 rings (SSSR count). The fraction of sp³-hybridized carbons (Fsp3) is 0.500. The third-order valence-corrected chi connectivity index (χ3v) is 4.91. The second-order valence-electron chi connectivity index (χ2n) is 5.51. The lowest BCUT2D eigenvalue weighted by Crippen LogP contribution is -2.32. The fourth-order valence-corrected chi connectivity index (χ4v) is 3.88. The van der Waals surface area contributed by atoms with E-state index in [9.17, 15) is 0 Å². The largest absolute Gasteiger partial charge is 0.0949 e. The maximum Gasteiger partial charge on any atom is 0.00250 e. The van der Waals surface area contributed by atoms with Crippen LogP contribution in [-0.2, 0) is 5.41 Å². The van der Waals surface area contributed by atoms with Gasteiger partial charge in [0.05, 0.1) is 0 Å². The van der Waals surface area contributed by atoms with Gasteiger partial charge in [0.25, 0.3) is 0 Å². The summed E-state index contributed by atoms with van der Waals surface area (Å²) in [5.74, 6) is 0.644. The zero-order chi connectivity index (χ0) is 11.2. The molecule has 1 fully saturated rings. The Balaban J connectivity index is 2.15. The third kappa shape index (κ3) is 1.16. The molecule has 0 nitrogen and oxygen atoms in total. The van der Waals surface area contributed by atoms with Gasteiger partial charge in [-0.1, -0.05) is 57.0 Å². The molecule has 0 aliphatic heterocycles. The molecule has 2 aliphatic rings. The Morgan fingerprint density at radius 3 is 2.56 bits per heavy atom. The average Bonchev–Trinajstić information content (AvgIpc) is 2.55. The monoisotopic (exact) mass is 212 g/mol. The molecule has 0 saturated heterocycles. The summed E-state index contributed by atoms with van der Waals surface area (Å²) in [6.45, 7) is 6.71. The van der Waals surface area contributed by atoms with Gasteiger partial charge in [-0.3, -0.25) is 0 Å². The predicted molar refractivity (Wildman–Crippen MR) is 69.4 cm³/mol. The first kappa shape index (κ1) is 10.1. The lowest BCUT2D eigenvalue weighted by Gasteiger charge is -2.38. The molecule has 1 spiro atoms. The van der Waals surface area contributed by atoms with Crippen LogP contribution in [0.1, 0.15) is 50.2 Å². The maximum atomic E-state index is 4.33. The van der Waals surface area contributed by atoms with Crippen molar-refractivity contribution in [2.75, 3.05) is 0 Å². The van der Waals surface area contributed by atoms with Crippen molar-refractivity contribution in [1.82, 2.24) is 0 Å². The van der Waals surface area contributed by atoms with Gasteiger partial charge < -0.3 is 0 Å².